The molecule has 1 amide bonds. The third-order valence-electron chi connectivity index (χ3n) is 4.24. The quantitative estimate of drug-likeness (QED) is 0.516. The van der Waals surface area contributed by atoms with Crippen LogP contribution < -0.4 is 32.9 Å². The van der Waals surface area contributed by atoms with Gasteiger partial charge in [-0.25, -0.2) is 4.39 Å². The van der Waals surface area contributed by atoms with Crippen molar-refractivity contribution in [2.45, 2.75) is 5.34 Å². The molecule has 0 fully saturated rings. The molecule has 0 unspecified atom stereocenters. The second-order valence-corrected chi connectivity index (χ2v) is 6.13. The zero-order chi connectivity index (χ0) is 23.3. The summed E-state index contributed by atoms with van der Waals surface area (Å²) in [5, 5.41) is 16.5. The molecule has 2 aromatic rings. The maximum atomic E-state index is 14.3. The van der Waals surface area contributed by atoms with E-state index in [0.717, 1.165) is 0 Å². The van der Waals surface area contributed by atoms with E-state index in [4.69, 9.17) is 75.9 Å². The topological polar surface area (TPSA) is 90.7 Å². The third-order valence-corrected chi connectivity index (χ3v) is 4.24. The Labute approximate surface area is 183 Å². The Morgan fingerprint density at radius 3 is 1.93 bits per heavy atom. The first-order valence-corrected chi connectivity index (χ1v) is 7.76. The molecule has 0 aliphatic heterocycles. The van der Waals surface area contributed by atoms with Gasteiger partial charge in [-0.2, -0.15) is 0 Å². The van der Waals surface area contributed by atoms with Crippen molar-refractivity contribution < 1.29 is 24.2 Å². The highest BCUT2D eigenvalue weighted by Gasteiger charge is 2.35. The first-order valence-electron chi connectivity index (χ1n) is 7.76. The summed E-state index contributed by atoms with van der Waals surface area (Å²) in [6.07, 6.45) is 0. The van der Waals surface area contributed by atoms with E-state index < -0.39 is 56.5 Å². The first kappa shape index (κ1) is 23.9. The van der Waals surface area contributed by atoms with Crippen LogP contribution in [0.3, 0.4) is 0 Å². The van der Waals surface area contributed by atoms with Crippen LogP contribution in [-0.4, -0.2) is 108 Å². The average Bonchev–Trinajstić information content (AvgIpc) is 2.68. The fraction of sp³-hybridized carbons (Fsp3) is 0.0714. The maximum Gasteiger partial charge on any atom is 0.309 e. The Hall–Kier alpha value is -2.38. The Morgan fingerprint density at radius 2 is 1.43 bits per heavy atom. The van der Waals surface area contributed by atoms with Gasteiger partial charge in [0.2, 0.25) is 7.98 Å². The van der Waals surface area contributed by atoms with Crippen molar-refractivity contribution in [2.75, 3.05) is 0 Å². The number of amides is 1. The van der Waals surface area contributed by atoms with E-state index in [-0.39, 0.29) is 26.9 Å². The van der Waals surface area contributed by atoms with Crippen molar-refractivity contribution in [3.8, 4) is 16.9 Å². The Kier molecular flexibility index (Phi) is 6.41. The molecular weight excluding hydrogens is 376 g/mol. The minimum absolute atomic E-state index is 0.112. The van der Waals surface area contributed by atoms with Gasteiger partial charge < -0.3 is 15.0 Å². The van der Waals surface area contributed by atoms with Crippen LogP contribution in [0.2, 0.25) is 0 Å². The van der Waals surface area contributed by atoms with Crippen molar-refractivity contribution in [3.05, 3.63) is 11.5 Å². The first-order chi connectivity index (χ1) is 13.7. The summed E-state index contributed by atoms with van der Waals surface area (Å²) in [5.41, 5.74) is -4.62. The van der Waals surface area contributed by atoms with E-state index in [1.54, 1.807) is 0 Å². The number of carboxylic acids is 1. The van der Waals surface area contributed by atoms with Gasteiger partial charge in [0.05, 0.1) is 0 Å². The molecule has 1 aromatic heterocycles. The van der Waals surface area contributed by atoms with Crippen molar-refractivity contribution in [3.63, 3.8) is 0 Å². The number of aromatic hydroxyl groups is 1. The Morgan fingerprint density at radius 1 is 0.900 bits per heavy atom. The molecule has 0 spiro atoms. The lowest BCUT2D eigenvalue weighted by molar-refractivity contribution is -0.139. The molecule has 0 saturated heterocycles. The number of aromatic nitrogens is 1. The third kappa shape index (κ3) is 3.61. The second-order valence-electron chi connectivity index (χ2n) is 6.13. The number of hydrogen-bond donors (Lipinski definition) is 2. The molecule has 0 aliphatic rings. The van der Waals surface area contributed by atoms with Gasteiger partial charge in [0.15, 0.2) is 5.69 Å². The number of aliphatic carboxylic acids is 1. The number of benzene rings is 1. The highest BCUT2D eigenvalue weighted by Crippen LogP contribution is 2.20. The van der Waals surface area contributed by atoms with Crippen LogP contribution in [0.15, 0.2) is 0 Å². The number of nitrogens with zero attached hydrogens (tertiary/aromatic N) is 2. The van der Waals surface area contributed by atoms with Crippen molar-refractivity contribution >= 4 is 116 Å². The van der Waals surface area contributed by atoms with Crippen LogP contribution in [0, 0.1) is 5.82 Å². The molecular formula is C14H2B9FN2O4. The number of carbonyl (C=O) groups is 2. The van der Waals surface area contributed by atoms with Crippen molar-refractivity contribution in [1.29, 1.82) is 0 Å². The van der Waals surface area contributed by atoms with E-state index in [0.29, 0.717) is 0 Å². The molecule has 2 N–H and O–H groups in total. The molecule has 1 heterocycles. The van der Waals surface area contributed by atoms with E-state index in [2.05, 4.69) is 4.98 Å². The van der Waals surface area contributed by atoms with Gasteiger partial charge in [0.25, 0.3) is 5.91 Å². The lowest BCUT2D eigenvalue weighted by Gasteiger charge is -2.34. The summed E-state index contributed by atoms with van der Waals surface area (Å²) < 4.78 is 14.3. The van der Waals surface area contributed by atoms with Gasteiger partial charge in [0.1, 0.15) is 74.3 Å². The molecule has 126 valence electrons. The summed E-state index contributed by atoms with van der Waals surface area (Å²) in [6, 6.07) is 0. The van der Waals surface area contributed by atoms with Gasteiger partial charge in [-0.1, -0.05) is 16.4 Å². The van der Waals surface area contributed by atoms with Crippen LogP contribution >= 0.6 is 0 Å². The Bertz CT molecular complexity index is 1070. The van der Waals surface area contributed by atoms with Crippen molar-refractivity contribution in [2.24, 2.45) is 0 Å². The molecule has 2 rings (SSSR count). The molecule has 1 aromatic carbocycles. The lowest BCUT2D eigenvalue weighted by atomic mass is 9.59. The van der Waals surface area contributed by atoms with E-state index in [1.807, 2.05) is 0 Å². The van der Waals surface area contributed by atoms with E-state index in [1.165, 1.54) is 0 Å². The molecule has 30 heavy (non-hydrogen) atoms. The van der Waals surface area contributed by atoms with Gasteiger partial charge >= 0.3 is 5.97 Å². The number of halogens is 1. The SMILES string of the molecule is [B]c1nc(C(=O)N([B])C([B])([B])C(=O)O)c(O)c([B])c1-c1c([B])c([B])c([B])c(F)c1[B]. The monoisotopic (exact) mass is 380 g/mol. The predicted octanol–water partition coefficient (Wildman–Crippen LogP) is -7.04. The standard InChI is InChI=1S/C14H2B9FN2O4/c15-3-1(4(16)8(24)7(19)6(3)18)2-5(17)10(27)9(25-11(2)20)12(28)26(23)14(21,22)13(29)30/h27H,(H,29,30). The molecule has 16 heteroatoms. The molecule has 18 radical (unpaired) electrons. The summed E-state index contributed by atoms with van der Waals surface area (Å²) in [7, 11) is 50.2. The van der Waals surface area contributed by atoms with Gasteiger partial charge in [-0.15, -0.1) is 5.46 Å². The van der Waals surface area contributed by atoms with Crippen LogP contribution in [-0.2, 0) is 4.79 Å². The summed E-state index contributed by atoms with van der Waals surface area (Å²) >= 11 is 0. The molecule has 0 saturated carbocycles. The summed E-state index contributed by atoms with van der Waals surface area (Å²) in [5.74, 6) is -5.46. The largest absolute Gasteiger partial charge is 0.506 e. The number of carboxylic acid groups (broad SMARTS) is 1. The number of rotatable bonds is 4. The summed E-state index contributed by atoms with van der Waals surface area (Å²) in [4.78, 5) is 27.1. The fourth-order valence-corrected chi connectivity index (χ4v) is 2.48. The average molecular weight is 378 g/mol. The summed E-state index contributed by atoms with van der Waals surface area (Å²) in [6.45, 7) is 0. The number of carbonyl (C=O) groups excluding carboxylic acids is 1. The van der Waals surface area contributed by atoms with Crippen LogP contribution in [0.25, 0.3) is 11.1 Å². The van der Waals surface area contributed by atoms with Crippen LogP contribution in [0.1, 0.15) is 10.5 Å². The molecule has 0 bridgehead atoms. The minimum atomic E-state index is -2.86. The smallest absolute Gasteiger partial charge is 0.309 e. The highest BCUT2D eigenvalue weighted by molar-refractivity contribution is 6.62. The number of hydrogen-bond acceptors (Lipinski definition) is 4. The van der Waals surface area contributed by atoms with E-state index in [9.17, 15) is 19.1 Å². The van der Waals surface area contributed by atoms with Gasteiger partial charge in [-0.3, -0.25) is 14.6 Å². The normalized spacial score (nSPS) is 11.2. The zero-order valence-electron chi connectivity index (χ0n) is 15.2. The van der Waals surface area contributed by atoms with Gasteiger partial charge in [0, 0.05) is 5.34 Å². The minimum Gasteiger partial charge on any atom is -0.506 e. The van der Waals surface area contributed by atoms with Crippen LogP contribution in [0.5, 0.6) is 5.75 Å². The lowest BCUT2D eigenvalue weighted by Crippen LogP contribution is -2.57. The molecule has 0 aliphatic carbocycles. The van der Waals surface area contributed by atoms with E-state index >= 15 is 0 Å². The zero-order valence-corrected chi connectivity index (χ0v) is 15.2. The predicted molar refractivity (Wildman–Crippen MR) is 117 cm³/mol. The molecule has 6 nitrogen and oxygen atoms in total. The second kappa shape index (κ2) is 8.04. The maximum absolute atomic E-state index is 14.3. The fourth-order valence-electron chi connectivity index (χ4n) is 2.48. The van der Waals surface area contributed by atoms with Crippen molar-refractivity contribution in [1.82, 2.24) is 9.79 Å². The van der Waals surface area contributed by atoms with Gasteiger partial charge in [-0.05, 0) is 22.2 Å². The number of pyridine rings is 1. The highest BCUT2D eigenvalue weighted by atomic mass is 19.1. The van der Waals surface area contributed by atoms with Crippen LogP contribution in [0.4, 0.5) is 4.39 Å². The Balaban J connectivity index is 2.76. The molecule has 0 atom stereocenters.